The molecule has 4 fully saturated rings. The van der Waals surface area contributed by atoms with Crippen LogP contribution in [0.15, 0.2) is 35.2 Å². The third-order valence-electron chi connectivity index (χ3n) is 5.99. The van der Waals surface area contributed by atoms with Crippen LogP contribution < -0.4 is 0 Å². The molecule has 1 aromatic rings. The van der Waals surface area contributed by atoms with Gasteiger partial charge in [-0.05, 0) is 80.2 Å². The van der Waals surface area contributed by atoms with Crippen molar-refractivity contribution in [1.82, 2.24) is 0 Å². The van der Waals surface area contributed by atoms with E-state index in [0.717, 1.165) is 28.4 Å². The first-order valence-electron chi connectivity index (χ1n) is 8.16. The molecule has 108 valence electrons. The molecule has 4 aliphatic rings. The lowest BCUT2D eigenvalue weighted by atomic mass is 9.49. The van der Waals surface area contributed by atoms with Crippen molar-refractivity contribution in [2.45, 2.75) is 49.8 Å². The van der Waals surface area contributed by atoms with Crippen LogP contribution in [0.3, 0.4) is 0 Å². The fraction of sp³-hybridized carbons (Fsp3) is 0.667. The lowest BCUT2D eigenvalue weighted by molar-refractivity contribution is -0.0539. The van der Waals surface area contributed by atoms with E-state index in [4.69, 9.17) is 0 Å². The van der Waals surface area contributed by atoms with Crippen molar-refractivity contribution in [3.63, 3.8) is 0 Å². The minimum atomic E-state index is -0.796. The normalized spacial score (nSPS) is 39.9. The van der Waals surface area contributed by atoms with Crippen molar-refractivity contribution in [2.75, 3.05) is 5.75 Å². The lowest BCUT2D eigenvalue weighted by Gasteiger charge is -2.57. The molecule has 20 heavy (non-hydrogen) atoms. The molecule has 2 heteroatoms. The van der Waals surface area contributed by atoms with Crippen LogP contribution in [0.2, 0.25) is 0 Å². The Kier molecular flexibility index (Phi) is 3.25. The molecule has 5 rings (SSSR count). The van der Waals surface area contributed by atoms with Crippen LogP contribution in [0.4, 0.5) is 0 Å². The van der Waals surface area contributed by atoms with Gasteiger partial charge in [0.05, 0.1) is 10.8 Å². The molecular weight excluding hydrogens is 264 g/mol. The third kappa shape index (κ3) is 2.36. The van der Waals surface area contributed by atoms with Gasteiger partial charge in [-0.3, -0.25) is 4.21 Å². The summed E-state index contributed by atoms with van der Waals surface area (Å²) in [5, 5.41) is 0. The van der Waals surface area contributed by atoms with Crippen LogP contribution in [0.5, 0.6) is 0 Å². The Morgan fingerprint density at radius 3 is 2.05 bits per heavy atom. The van der Waals surface area contributed by atoms with E-state index >= 15 is 0 Å². The van der Waals surface area contributed by atoms with Crippen LogP contribution in [0.1, 0.15) is 44.9 Å². The second-order valence-corrected chi connectivity index (χ2v) is 9.10. The SMILES string of the molecule is O=S(CCC12CC3CC(CC(C3)C1)C2)c1ccccc1. The largest absolute Gasteiger partial charge is 0.254 e. The van der Waals surface area contributed by atoms with E-state index in [1.54, 1.807) is 0 Å². The van der Waals surface area contributed by atoms with E-state index < -0.39 is 10.8 Å². The zero-order chi connectivity index (χ0) is 13.6. The van der Waals surface area contributed by atoms with Crippen molar-refractivity contribution < 1.29 is 4.21 Å². The first-order valence-corrected chi connectivity index (χ1v) is 9.48. The summed E-state index contributed by atoms with van der Waals surface area (Å²) in [6, 6.07) is 10.0. The van der Waals surface area contributed by atoms with Crippen LogP contribution in [-0.2, 0) is 10.8 Å². The zero-order valence-electron chi connectivity index (χ0n) is 12.1. The van der Waals surface area contributed by atoms with E-state index in [1.165, 1.54) is 44.9 Å². The molecular formula is C18H24OS. The van der Waals surface area contributed by atoms with Gasteiger partial charge in [0, 0.05) is 10.6 Å². The summed E-state index contributed by atoms with van der Waals surface area (Å²) in [7, 11) is -0.796. The van der Waals surface area contributed by atoms with Crippen LogP contribution in [0.25, 0.3) is 0 Å². The summed E-state index contributed by atoms with van der Waals surface area (Å²) in [5.74, 6) is 3.89. The highest BCUT2D eigenvalue weighted by Gasteiger charge is 2.50. The second-order valence-electron chi connectivity index (χ2n) is 7.53. The molecule has 1 unspecified atom stereocenters. The Morgan fingerprint density at radius 2 is 1.50 bits per heavy atom. The van der Waals surface area contributed by atoms with Crippen LogP contribution in [0, 0.1) is 23.2 Å². The van der Waals surface area contributed by atoms with E-state index in [-0.39, 0.29) is 0 Å². The molecule has 1 nitrogen and oxygen atoms in total. The van der Waals surface area contributed by atoms with Crippen molar-refractivity contribution >= 4 is 10.8 Å². The first kappa shape index (κ1) is 13.1. The van der Waals surface area contributed by atoms with Gasteiger partial charge >= 0.3 is 0 Å². The molecule has 0 amide bonds. The van der Waals surface area contributed by atoms with Crippen molar-refractivity contribution in [2.24, 2.45) is 23.2 Å². The molecule has 0 aliphatic heterocycles. The summed E-state index contributed by atoms with van der Waals surface area (Å²) >= 11 is 0. The molecule has 4 aliphatic carbocycles. The van der Waals surface area contributed by atoms with E-state index in [9.17, 15) is 4.21 Å². The van der Waals surface area contributed by atoms with Crippen LogP contribution >= 0.6 is 0 Å². The summed E-state index contributed by atoms with van der Waals surface area (Å²) in [6.45, 7) is 0. The van der Waals surface area contributed by atoms with Gasteiger partial charge < -0.3 is 0 Å². The zero-order valence-corrected chi connectivity index (χ0v) is 12.9. The highest BCUT2D eigenvalue weighted by Crippen LogP contribution is 2.61. The van der Waals surface area contributed by atoms with Gasteiger partial charge in [0.1, 0.15) is 0 Å². The monoisotopic (exact) mass is 288 g/mol. The van der Waals surface area contributed by atoms with Gasteiger partial charge in [0.2, 0.25) is 0 Å². The molecule has 4 bridgehead atoms. The highest BCUT2D eigenvalue weighted by atomic mass is 32.2. The molecule has 0 radical (unpaired) electrons. The summed E-state index contributed by atoms with van der Waals surface area (Å²) in [4.78, 5) is 1.01. The summed E-state index contributed by atoms with van der Waals surface area (Å²) < 4.78 is 12.4. The Balaban J connectivity index is 1.43. The highest BCUT2D eigenvalue weighted by molar-refractivity contribution is 7.85. The lowest BCUT2D eigenvalue weighted by Crippen LogP contribution is -2.46. The average molecular weight is 288 g/mol. The quantitative estimate of drug-likeness (QED) is 0.802. The predicted molar refractivity (Wildman–Crippen MR) is 82.9 cm³/mol. The van der Waals surface area contributed by atoms with E-state index in [0.29, 0.717) is 5.41 Å². The Bertz CT molecular complexity index is 472. The average Bonchev–Trinajstić information content (AvgIpc) is 2.44. The van der Waals surface area contributed by atoms with Gasteiger partial charge in [-0.15, -0.1) is 0 Å². The fourth-order valence-corrected chi connectivity index (χ4v) is 6.91. The maximum atomic E-state index is 12.4. The fourth-order valence-electron chi connectivity index (χ4n) is 5.60. The Hall–Kier alpha value is -0.630. The maximum absolute atomic E-state index is 12.4. The minimum Gasteiger partial charge on any atom is -0.254 e. The first-order chi connectivity index (χ1) is 9.72. The van der Waals surface area contributed by atoms with E-state index in [1.807, 2.05) is 30.3 Å². The van der Waals surface area contributed by atoms with Crippen LogP contribution in [-0.4, -0.2) is 9.96 Å². The summed E-state index contributed by atoms with van der Waals surface area (Å²) in [5.41, 5.74) is 0.569. The molecule has 1 aromatic carbocycles. The van der Waals surface area contributed by atoms with Crippen molar-refractivity contribution in [3.05, 3.63) is 30.3 Å². The molecule has 0 N–H and O–H groups in total. The number of hydrogen-bond acceptors (Lipinski definition) is 1. The topological polar surface area (TPSA) is 17.1 Å². The van der Waals surface area contributed by atoms with Gasteiger partial charge in [0.25, 0.3) is 0 Å². The van der Waals surface area contributed by atoms with Crippen molar-refractivity contribution in [3.8, 4) is 0 Å². The molecule has 0 saturated heterocycles. The number of rotatable bonds is 4. The Morgan fingerprint density at radius 1 is 0.950 bits per heavy atom. The third-order valence-corrected chi connectivity index (χ3v) is 7.36. The van der Waals surface area contributed by atoms with Gasteiger partial charge in [-0.1, -0.05) is 18.2 Å². The van der Waals surface area contributed by atoms with Gasteiger partial charge in [0.15, 0.2) is 0 Å². The summed E-state index contributed by atoms with van der Waals surface area (Å²) in [6.07, 6.45) is 10.0. The maximum Gasteiger partial charge on any atom is 0.0529 e. The van der Waals surface area contributed by atoms with Crippen molar-refractivity contribution in [1.29, 1.82) is 0 Å². The molecule has 0 aromatic heterocycles. The molecule has 0 spiro atoms. The molecule has 4 saturated carbocycles. The number of hydrogen-bond donors (Lipinski definition) is 0. The van der Waals surface area contributed by atoms with Gasteiger partial charge in [-0.25, -0.2) is 0 Å². The molecule has 0 heterocycles. The molecule has 1 atom stereocenters. The smallest absolute Gasteiger partial charge is 0.0529 e. The van der Waals surface area contributed by atoms with Gasteiger partial charge in [-0.2, -0.15) is 0 Å². The Labute approximate surface area is 124 Å². The standard InChI is InChI=1S/C18H24OS/c19-20(17-4-2-1-3-5-17)7-6-18-11-14-8-15(12-18)10-16(9-14)13-18/h1-5,14-16H,6-13H2. The van der Waals surface area contributed by atoms with E-state index in [2.05, 4.69) is 0 Å². The second kappa shape index (κ2) is 4.98. The minimum absolute atomic E-state index is 0.569. The number of benzene rings is 1. The predicted octanol–water partition coefficient (Wildman–Crippen LogP) is 4.40.